The molecule has 2 saturated heterocycles. The molecule has 3 aliphatic rings. The SMILES string of the molecule is CN1CC[C@H](C(=O)N2CCC(N(C)C(=O)c3cccc4c3CCC4)C2)C1. The highest BCUT2D eigenvalue weighted by atomic mass is 16.2. The van der Waals surface area contributed by atoms with Gasteiger partial charge in [0.15, 0.2) is 0 Å². The lowest BCUT2D eigenvalue weighted by molar-refractivity contribution is -0.134. The van der Waals surface area contributed by atoms with Crippen molar-refractivity contribution in [3.05, 3.63) is 34.9 Å². The highest BCUT2D eigenvalue weighted by molar-refractivity contribution is 5.96. The zero-order chi connectivity index (χ0) is 18.3. The van der Waals surface area contributed by atoms with Gasteiger partial charge in [-0.15, -0.1) is 0 Å². The maximum atomic E-state index is 13.1. The summed E-state index contributed by atoms with van der Waals surface area (Å²) >= 11 is 0. The number of aryl methyl sites for hydroxylation is 1. The fraction of sp³-hybridized carbons (Fsp3) is 0.619. The third kappa shape index (κ3) is 3.13. The van der Waals surface area contributed by atoms with Crippen LogP contribution < -0.4 is 0 Å². The van der Waals surface area contributed by atoms with E-state index in [1.54, 1.807) is 0 Å². The second-order valence-electron chi connectivity index (χ2n) is 8.19. The number of carbonyl (C=O) groups is 2. The molecule has 1 aliphatic carbocycles. The smallest absolute Gasteiger partial charge is 0.254 e. The predicted octanol–water partition coefficient (Wildman–Crippen LogP) is 1.80. The minimum Gasteiger partial charge on any atom is -0.340 e. The molecule has 1 unspecified atom stereocenters. The first kappa shape index (κ1) is 17.5. The van der Waals surface area contributed by atoms with E-state index in [1.165, 1.54) is 11.1 Å². The summed E-state index contributed by atoms with van der Waals surface area (Å²) in [7, 11) is 3.98. The molecule has 26 heavy (non-hydrogen) atoms. The third-order valence-electron chi connectivity index (χ3n) is 6.46. The van der Waals surface area contributed by atoms with Gasteiger partial charge in [-0.3, -0.25) is 9.59 Å². The quantitative estimate of drug-likeness (QED) is 0.830. The number of benzene rings is 1. The van der Waals surface area contributed by atoms with Crippen molar-refractivity contribution in [3.63, 3.8) is 0 Å². The Hall–Kier alpha value is -1.88. The summed E-state index contributed by atoms with van der Waals surface area (Å²) in [5.74, 6) is 0.527. The van der Waals surface area contributed by atoms with Gasteiger partial charge in [0.2, 0.25) is 5.91 Å². The molecule has 0 bridgehead atoms. The fourth-order valence-electron chi connectivity index (χ4n) is 4.83. The Morgan fingerprint density at radius 2 is 1.96 bits per heavy atom. The summed E-state index contributed by atoms with van der Waals surface area (Å²) in [5, 5.41) is 0. The van der Waals surface area contributed by atoms with Gasteiger partial charge in [0.05, 0.1) is 12.0 Å². The zero-order valence-electron chi connectivity index (χ0n) is 15.9. The number of likely N-dealkylation sites (N-methyl/N-ethyl adjacent to an activating group) is 1. The molecule has 140 valence electrons. The summed E-state index contributed by atoms with van der Waals surface area (Å²) in [6.07, 6.45) is 5.08. The highest BCUT2D eigenvalue weighted by Gasteiger charge is 2.36. The van der Waals surface area contributed by atoms with Crippen LogP contribution in [0.25, 0.3) is 0 Å². The topological polar surface area (TPSA) is 43.9 Å². The van der Waals surface area contributed by atoms with E-state index in [4.69, 9.17) is 0 Å². The van der Waals surface area contributed by atoms with Crippen LogP contribution in [0.3, 0.4) is 0 Å². The first-order chi connectivity index (χ1) is 12.5. The molecule has 5 nitrogen and oxygen atoms in total. The van der Waals surface area contributed by atoms with Crippen LogP contribution in [0.4, 0.5) is 0 Å². The lowest BCUT2D eigenvalue weighted by atomic mass is 10.0. The minimum absolute atomic E-state index is 0.114. The summed E-state index contributed by atoms with van der Waals surface area (Å²) in [4.78, 5) is 31.9. The number of carbonyl (C=O) groups excluding carboxylic acids is 2. The summed E-state index contributed by atoms with van der Waals surface area (Å²) in [6, 6.07) is 6.25. The van der Waals surface area contributed by atoms with Crippen molar-refractivity contribution in [2.45, 2.75) is 38.1 Å². The summed E-state index contributed by atoms with van der Waals surface area (Å²) in [5.41, 5.74) is 3.44. The molecular weight excluding hydrogens is 326 g/mol. The molecule has 2 heterocycles. The average molecular weight is 355 g/mol. The number of hydrogen-bond donors (Lipinski definition) is 0. The lowest BCUT2D eigenvalue weighted by Gasteiger charge is -2.26. The number of amides is 2. The van der Waals surface area contributed by atoms with E-state index in [9.17, 15) is 9.59 Å². The largest absolute Gasteiger partial charge is 0.340 e. The molecule has 0 aromatic heterocycles. The van der Waals surface area contributed by atoms with Gasteiger partial charge in [-0.1, -0.05) is 12.1 Å². The van der Waals surface area contributed by atoms with Crippen molar-refractivity contribution in [3.8, 4) is 0 Å². The van der Waals surface area contributed by atoms with Crippen LogP contribution in [-0.2, 0) is 17.6 Å². The van der Waals surface area contributed by atoms with E-state index in [2.05, 4.69) is 18.0 Å². The van der Waals surface area contributed by atoms with Gasteiger partial charge in [-0.2, -0.15) is 0 Å². The normalized spacial score (nSPS) is 25.5. The first-order valence-corrected chi connectivity index (χ1v) is 9.90. The van der Waals surface area contributed by atoms with Crippen molar-refractivity contribution in [2.24, 2.45) is 5.92 Å². The van der Waals surface area contributed by atoms with Crippen LogP contribution in [0.15, 0.2) is 18.2 Å². The Morgan fingerprint density at radius 3 is 2.73 bits per heavy atom. The van der Waals surface area contributed by atoms with Gasteiger partial charge in [-0.05, 0) is 62.9 Å². The molecule has 0 N–H and O–H groups in total. The third-order valence-corrected chi connectivity index (χ3v) is 6.46. The lowest BCUT2D eigenvalue weighted by Crippen LogP contribution is -2.41. The van der Waals surface area contributed by atoms with E-state index >= 15 is 0 Å². The van der Waals surface area contributed by atoms with Crippen LogP contribution >= 0.6 is 0 Å². The highest BCUT2D eigenvalue weighted by Crippen LogP contribution is 2.28. The molecule has 1 aromatic rings. The molecule has 2 fully saturated rings. The second kappa shape index (κ2) is 7.03. The van der Waals surface area contributed by atoms with Crippen molar-refractivity contribution in [1.29, 1.82) is 0 Å². The van der Waals surface area contributed by atoms with Crippen molar-refractivity contribution in [2.75, 3.05) is 40.3 Å². The van der Waals surface area contributed by atoms with Gasteiger partial charge >= 0.3 is 0 Å². The van der Waals surface area contributed by atoms with Gasteiger partial charge in [0.1, 0.15) is 0 Å². The Kier molecular flexibility index (Phi) is 4.74. The van der Waals surface area contributed by atoms with Crippen molar-refractivity contribution >= 4 is 11.8 Å². The number of rotatable bonds is 3. The average Bonchev–Trinajstić information content (AvgIpc) is 3.39. The van der Waals surface area contributed by atoms with Crippen LogP contribution in [0.1, 0.15) is 40.7 Å². The van der Waals surface area contributed by atoms with E-state index in [1.807, 2.05) is 29.0 Å². The molecule has 1 aromatic carbocycles. The van der Waals surface area contributed by atoms with Crippen LogP contribution in [-0.4, -0.2) is 72.8 Å². The minimum atomic E-state index is 0.114. The standard InChI is InChI=1S/C21H29N3O2/c1-22-11-9-16(13-22)20(25)24-12-10-17(14-24)23(2)21(26)19-8-4-6-15-5-3-7-18(15)19/h4,6,8,16-17H,3,5,7,9-14H2,1-2H3/t16-,17?/m0/s1. The van der Waals surface area contributed by atoms with Crippen molar-refractivity contribution in [1.82, 2.24) is 14.7 Å². The van der Waals surface area contributed by atoms with Crippen molar-refractivity contribution < 1.29 is 9.59 Å². The maximum Gasteiger partial charge on any atom is 0.254 e. The van der Waals surface area contributed by atoms with Gasteiger partial charge in [-0.25, -0.2) is 0 Å². The number of likely N-dealkylation sites (tertiary alicyclic amines) is 2. The van der Waals surface area contributed by atoms with Gasteiger partial charge < -0.3 is 14.7 Å². The van der Waals surface area contributed by atoms with Gasteiger partial charge in [0, 0.05) is 32.2 Å². The molecule has 2 aliphatic heterocycles. The maximum absolute atomic E-state index is 13.1. The molecule has 0 saturated carbocycles. The monoisotopic (exact) mass is 355 g/mol. The molecule has 0 spiro atoms. The summed E-state index contributed by atoms with van der Waals surface area (Å²) in [6.45, 7) is 3.32. The van der Waals surface area contributed by atoms with E-state index in [0.717, 1.165) is 57.3 Å². The molecule has 4 rings (SSSR count). The Morgan fingerprint density at radius 1 is 1.12 bits per heavy atom. The van der Waals surface area contributed by atoms with Crippen LogP contribution in [0.2, 0.25) is 0 Å². The Bertz CT molecular complexity index is 717. The fourth-order valence-corrected chi connectivity index (χ4v) is 4.83. The van der Waals surface area contributed by atoms with Crippen LogP contribution in [0, 0.1) is 5.92 Å². The molecular formula is C21H29N3O2. The number of fused-ring (bicyclic) bond motifs is 1. The predicted molar refractivity (Wildman–Crippen MR) is 101 cm³/mol. The first-order valence-electron chi connectivity index (χ1n) is 9.90. The molecule has 0 radical (unpaired) electrons. The number of nitrogens with zero attached hydrogens (tertiary/aromatic N) is 3. The zero-order valence-corrected chi connectivity index (χ0v) is 15.9. The van der Waals surface area contributed by atoms with E-state index < -0.39 is 0 Å². The van der Waals surface area contributed by atoms with E-state index in [-0.39, 0.29) is 23.8 Å². The van der Waals surface area contributed by atoms with Gasteiger partial charge in [0.25, 0.3) is 5.91 Å². The number of hydrogen-bond acceptors (Lipinski definition) is 3. The van der Waals surface area contributed by atoms with Crippen LogP contribution in [0.5, 0.6) is 0 Å². The van der Waals surface area contributed by atoms with E-state index in [0.29, 0.717) is 6.54 Å². The summed E-state index contributed by atoms with van der Waals surface area (Å²) < 4.78 is 0. The second-order valence-corrected chi connectivity index (χ2v) is 8.19. The molecule has 2 atom stereocenters. The molecule has 5 heteroatoms. The Balaban J connectivity index is 1.41. The Labute approximate surface area is 155 Å². The molecule has 2 amide bonds.